The van der Waals surface area contributed by atoms with E-state index in [2.05, 4.69) is 0 Å². The SMILES string of the molecule is O=Cc1sc(Oc2cc(F)c(F)c(F)c2)cc1Cl. The number of aldehydes is 1. The van der Waals surface area contributed by atoms with Crippen molar-refractivity contribution in [2.75, 3.05) is 0 Å². The summed E-state index contributed by atoms with van der Waals surface area (Å²) in [5, 5.41) is 0.348. The molecule has 0 spiro atoms. The Morgan fingerprint density at radius 3 is 2.28 bits per heavy atom. The molecule has 0 amide bonds. The van der Waals surface area contributed by atoms with Crippen LogP contribution in [0.25, 0.3) is 0 Å². The van der Waals surface area contributed by atoms with Crippen molar-refractivity contribution in [2.45, 2.75) is 0 Å². The van der Waals surface area contributed by atoms with Crippen molar-refractivity contribution < 1.29 is 22.7 Å². The van der Waals surface area contributed by atoms with Gasteiger partial charge in [-0.1, -0.05) is 22.9 Å². The molecule has 0 N–H and O–H groups in total. The van der Waals surface area contributed by atoms with Crippen LogP contribution in [0, 0.1) is 17.5 Å². The van der Waals surface area contributed by atoms with Crippen LogP contribution in [0.1, 0.15) is 9.67 Å². The molecule has 2 rings (SSSR count). The van der Waals surface area contributed by atoms with Crippen molar-refractivity contribution in [1.29, 1.82) is 0 Å². The highest BCUT2D eigenvalue weighted by Crippen LogP contribution is 2.35. The molecule has 18 heavy (non-hydrogen) atoms. The largest absolute Gasteiger partial charge is 0.446 e. The summed E-state index contributed by atoms with van der Waals surface area (Å²) in [4.78, 5) is 10.8. The lowest BCUT2D eigenvalue weighted by atomic mass is 10.3. The highest BCUT2D eigenvalue weighted by molar-refractivity contribution is 7.16. The molecule has 0 aliphatic carbocycles. The van der Waals surface area contributed by atoms with E-state index in [9.17, 15) is 18.0 Å². The Hall–Kier alpha value is -1.53. The first-order valence-electron chi connectivity index (χ1n) is 4.58. The molecule has 2 aromatic rings. The highest BCUT2D eigenvalue weighted by Gasteiger charge is 2.13. The number of halogens is 4. The molecule has 7 heteroatoms. The maximum Gasteiger partial charge on any atom is 0.194 e. The van der Waals surface area contributed by atoms with Crippen molar-refractivity contribution in [3.8, 4) is 10.8 Å². The summed E-state index contributed by atoms with van der Waals surface area (Å²) in [6.07, 6.45) is 0.533. The smallest absolute Gasteiger partial charge is 0.194 e. The van der Waals surface area contributed by atoms with E-state index in [1.54, 1.807) is 0 Å². The van der Waals surface area contributed by atoms with Crippen LogP contribution in [-0.4, -0.2) is 6.29 Å². The van der Waals surface area contributed by atoms with E-state index in [1.807, 2.05) is 0 Å². The van der Waals surface area contributed by atoms with Crippen molar-refractivity contribution in [1.82, 2.24) is 0 Å². The predicted molar refractivity (Wildman–Crippen MR) is 61.1 cm³/mol. The number of rotatable bonds is 3. The van der Waals surface area contributed by atoms with Crippen LogP contribution in [0.4, 0.5) is 13.2 Å². The Morgan fingerprint density at radius 1 is 1.17 bits per heavy atom. The molecule has 0 aliphatic heterocycles. The molecule has 1 aromatic carbocycles. The van der Waals surface area contributed by atoms with Crippen LogP contribution >= 0.6 is 22.9 Å². The lowest BCUT2D eigenvalue weighted by molar-refractivity contribution is 0.112. The van der Waals surface area contributed by atoms with Crippen LogP contribution in [0.5, 0.6) is 10.8 Å². The van der Waals surface area contributed by atoms with Crippen LogP contribution < -0.4 is 4.74 Å². The first-order valence-corrected chi connectivity index (χ1v) is 5.77. The molecule has 0 saturated heterocycles. The fourth-order valence-electron chi connectivity index (χ4n) is 1.20. The maximum absolute atomic E-state index is 12.9. The van der Waals surface area contributed by atoms with E-state index in [0.717, 1.165) is 11.3 Å². The molecule has 0 saturated carbocycles. The minimum Gasteiger partial charge on any atom is -0.446 e. The summed E-state index contributed by atoms with van der Waals surface area (Å²) in [5.74, 6) is -4.51. The maximum atomic E-state index is 12.9. The van der Waals surface area contributed by atoms with Crippen LogP contribution in [0.2, 0.25) is 5.02 Å². The molecule has 1 heterocycles. The second-order valence-electron chi connectivity index (χ2n) is 3.20. The zero-order chi connectivity index (χ0) is 13.3. The average Bonchev–Trinajstić information content (AvgIpc) is 2.66. The summed E-state index contributed by atoms with van der Waals surface area (Å²) in [7, 11) is 0. The number of carbonyl (C=O) groups excluding carboxylic acids is 1. The number of hydrogen-bond donors (Lipinski definition) is 0. The first-order chi connectivity index (χ1) is 8.51. The van der Waals surface area contributed by atoms with Crippen LogP contribution in [-0.2, 0) is 0 Å². The molecular formula is C11H4ClF3O2S. The van der Waals surface area contributed by atoms with Crippen molar-refractivity contribution in [3.63, 3.8) is 0 Å². The standard InChI is InChI=1S/C11H4ClF3O2S/c12-6-3-10(18-9(6)4-16)17-5-1-7(13)11(15)8(14)2-5/h1-4H. The third kappa shape index (κ3) is 2.49. The molecule has 2 nitrogen and oxygen atoms in total. The van der Waals surface area contributed by atoms with Gasteiger partial charge in [-0.05, 0) is 0 Å². The Morgan fingerprint density at radius 2 is 1.78 bits per heavy atom. The van der Waals surface area contributed by atoms with E-state index in [4.69, 9.17) is 16.3 Å². The molecule has 0 bridgehead atoms. The fourth-order valence-corrected chi connectivity index (χ4v) is 2.26. The number of thiophene rings is 1. The van der Waals surface area contributed by atoms with Gasteiger partial charge in [0.25, 0.3) is 0 Å². The molecule has 0 aliphatic rings. The first kappa shape index (κ1) is 12.9. The van der Waals surface area contributed by atoms with E-state index in [-0.39, 0.29) is 20.7 Å². The van der Waals surface area contributed by atoms with Crippen molar-refractivity contribution >= 4 is 29.2 Å². The van der Waals surface area contributed by atoms with Crippen molar-refractivity contribution in [3.05, 3.63) is 45.6 Å². The molecule has 0 radical (unpaired) electrons. The number of benzene rings is 1. The molecule has 0 fully saturated rings. The molecule has 0 unspecified atom stereocenters. The summed E-state index contributed by atoms with van der Waals surface area (Å²) in [6.45, 7) is 0. The topological polar surface area (TPSA) is 26.3 Å². The van der Waals surface area contributed by atoms with Crippen LogP contribution in [0.3, 0.4) is 0 Å². The normalized spacial score (nSPS) is 10.4. The van der Waals surface area contributed by atoms with Gasteiger partial charge >= 0.3 is 0 Å². The average molecular weight is 293 g/mol. The second-order valence-corrected chi connectivity index (χ2v) is 4.65. The Labute approximate surface area is 109 Å². The second kappa shape index (κ2) is 4.99. The quantitative estimate of drug-likeness (QED) is 0.618. The van der Waals surface area contributed by atoms with Crippen molar-refractivity contribution in [2.24, 2.45) is 0 Å². The predicted octanol–water partition coefficient (Wildman–Crippen LogP) is 4.42. The number of hydrogen-bond acceptors (Lipinski definition) is 3. The number of ether oxygens (including phenoxy) is 1. The van der Waals surface area contributed by atoms with E-state index in [0.29, 0.717) is 18.4 Å². The van der Waals surface area contributed by atoms with Crippen LogP contribution in [0.15, 0.2) is 18.2 Å². The summed E-state index contributed by atoms with van der Waals surface area (Å²) >= 11 is 6.60. The number of carbonyl (C=O) groups is 1. The van der Waals surface area contributed by atoms with E-state index < -0.39 is 17.5 Å². The van der Waals surface area contributed by atoms with Gasteiger partial charge in [0, 0.05) is 18.2 Å². The van der Waals surface area contributed by atoms with Gasteiger partial charge in [0.1, 0.15) is 5.75 Å². The minimum absolute atomic E-state index is 0.174. The van der Waals surface area contributed by atoms with E-state index >= 15 is 0 Å². The monoisotopic (exact) mass is 292 g/mol. The van der Waals surface area contributed by atoms with Gasteiger partial charge < -0.3 is 4.74 Å². The molecular weight excluding hydrogens is 289 g/mol. The molecule has 0 atom stereocenters. The minimum atomic E-state index is -1.57. The van der Waals surface area contributed by atoms with Gasteiger partial charge in [-0.15, -0.1) is 0 Å². The lowest BCUT2D eigenvalue weighted by Gasteiger charge is -2.03. The zero-order valence-electron chi connectivity index (χ0n) is 8.55. The Kier molecular flexibility index (Phi) is 3.58. The van der Waals surface area contributed by atoms with Gasteiger partial charge in [-0.25, -0.2) is 13.2 Å². The Balaban J connectivity index is 2.31. The van der Waals surface area contributed by atoms with Gasteiger partial charge in [0.05, 0.1) is 9.90 Å². The lowest BCUT2D eigenvalue weighted by Crippen LogP contribution is -1.92. The summed E-state index contributed by atoms with van der Waals surface area (Å²) in [5.41, 5.74) is 0. The third-order valence-corrected chi connectivity index (χ3v) is 3.34. The molecule has 1 aromatic heterocycles. The van der Waals surface area contributed by atoms with E-state index in [1.165, 1.54) is 6.07 Å². The fraction of sp³-hybridized carbons (Fsp3) is 0. The molecule has 94 valence electrons. The third-order valence-electron chi connectivity index (χ3n) is 1.97. The van der Waals surface area contributed by atoms with Gasteiger partial charge in [-0.3, -0.25) is 4.79 Å². The summed E-state index contributed by atoms with van der Waals surface area (Å²) in [6, 6.07) is 2.73. The highest BCUT2D eigenvalue weighted by atomic mass is 35.5. The van der Waals surface area contributed by atoms with Gasteiger partial charge in [0.2, 0.25) is 0 Å². The Bertz CT molecular complexity index is 589. The van der Waals surface area contributed by atoms with Gasteiger partial charge in [-0.2, -0.15) is 0 Å². The zero-order valence-corrected chi connectivity index (χ0v) is 10.1. The van der Waals surface area contributed by atoms with Gasteiger partial charge in [0.15, 0.2) is 28.8 Å². The summed E-state index contributed by atoms with van der Waals surface area (Å²) < 4.78 is 43.6.